The number of aromatic nitrogens is 2. The van der Waals surface area contributed by atoms with Gasteiger partial charge in [-0.3, -0.25) is 4.68 Å². The minimum absolute atomic E-state index is 0.577. The number of rotatable bonds is 3. The van der Waals surface area contributed by atoms with E-state index in [4.69, 9.17) is 5.73 Å². The molecule has 0 saturated carbocycles. The molecule has 0 radical (unpaired) electrons. The highest BCUT2D eigenvalue weighted by atomic mass is 15.3. The lowest BCUT2D eigenvalue weighted by atomic mass is 10.0. The Morgan fingerprint density at radius 3 is 2.46 bits per heavy atom. The summed E-state index contributed by atoms with van der Waals surface area (Å²) in [6.45, 7) is 7.09. The first-order chi connectivity index (χ1) is 6.06. The zero-order chi connectivity index (χ0) is 10.0. The molecule has 0 aliphatic rings. The maximum absolute atomic E-state index is 5.63. The minimum atomic E-state index is 0.577. The summed E-state index contributed by atoms with van der Waals surface area (Å²) in [6.07, 6.45) is 1.04. The van der Waals surface area contributed by atoms with Gasteiger partial charge < -0.3 is 5.73 Å². The molecular formula is C10H19N3. The zero-order valence-electron chi connectivity index (χ0n) is 8.96. The highest BCUT2D eigenvalue weighted by Crippen LogP contribution is 2.15. The van der Waals surface area contributed by atoms with Crippen LogP contribution in [0.5, 0.6) is 0 Å². The Morgan fingerprint density at radius 1 is 1.46 bits per heavy atom. The number of aryl methyl sites for hydroxylation is 1. The molecule has 0 spiro atoms. The van der Waals surface area contributed by atoms with Crippen molar-refractivity contribution in [1.29, 1.82) is 0 Å². The third kappa shape index (κ3) is 2.10. The summed E-state index contributed by atoms with van der Waals surface area (Å²) >= 11 is 0. The van der Waals surface area contributed by atoms with Gasteiger partial charge in [0.1, 0.15) is 0 Å². The lowest BCUT2D eigenvalue weighted by molar-refractivity contribution is 0.616. The Balaban J connectivity index is 2.96. The Kier molecular flexibility index (Phi) is 3.09. The van der Waals surface area contributed by atoms with E-state index in [2.05, 4.69) is 25.9 Å². The highest BCUT2D eigenvalue weighted by Gasteiger charge is 2.11. The molecule has 1 rings (SSSR count). The number of nitrogens with two attached hydrogens (primary N) is 1. The fourth-order valence-electron chi connectivity index (χ4n) is 1.59. The Hall–Kier alpha value is -0.830. The van der Waals surface area contributed by atoms with E-state index in [1.54, 1.807) is 0 Å². The van der Waals surface area contributed by atoms with Gasteiger partial charge in [0.2, 0.25) is 0 Å². The van der Waals surface area contributed by atoms with Crippen LogP contribution < -0.4 is 5.73 Å². The van der Waals surface area contributed by atoms with Crippen molar-refractivity contribution >= 4 is 0 Å². The average molecular weight is 181 g/mol. The Bertz CT molecular complexity index is 287. The first kappa shape index (κ1) is 10.3. The first-order valence-electron chi connectivity index (χ1n) is 4.77. The molecule has 1 aromatic rings. The Labute approximate surface area is 79.9 Å². The maximum atomic E-state index is 5.63. The summed E-state index contributed by atoms with van der Waals surface area (Å²) in [5.41, 5.74) is 9.24. The standard InChI is InChI=1S/C10H19N3/c1-7(2)5-9-8(3)10(6-11)13(4)12-9/h7H,5-6,11H2,1-4H3. The van der Waals surface area contributed by atoms with Gasteiger partial charge in [0, 0.05) is 13.6 Å². The van der Waals surface area contributed by atoms with Crippen LogP contribution in [-0.2, 0) is 20.0 Å². The predicted octanol–water partition coefficient (Wildman–Crippen LogP) is 1.39. The van der Waals surface area contributed by atoms with Crippen LogP contribution in [-0.4, -0.2) is 9.78 Å². The average Bonchev–Trinajstić information content (AvgIpc) is 2.26. The molecule has 0 bridgehead atoms. The van der Waals surface area contributed by atoms with E-state index < -0.39 is 0 Å². The number of nitrogens with zero attached hydrogens (tertiary/aromatic N) is 2. The first-order valence-corrected chi connectivity index (χ1v) is 4.77. The van der Waals surface area contributed by atoms with Crippen LogP contribution in [0.3, 0.4) is 0 Å². The molecule has 1 aromatic heterocycles. The van der Waals surface area contributed by atoms with Gasteiger partial charge in [-0.2, -0.15) is 5.10 Å². The molecule has 3 heteroatoms. The second-order valence-corrected chi connectivity index (χ2v) is 3.94. The summed E-state index contributed by atoms with van der Waals surface area (Å²) in [5, 5.41) is 4.46. The summed E-state index contributed by atoms with van der Waals surface area (Å²) in [5.74, 6) is 0.652. The molecule has 3 nitrogen and oxygen atoms in total. The highest BCUT2D eigenvalue weighted by molar-refractivity contribution is 5.24. The van der Waals surface area contributed by atoms with E-state index >= 15 is 0 Å². The van der Waals surface area contributed by atoms with Crippen molar-refractivity contribution in [3.05, 3.63) is 17.0 Å². The van der Waals surface area contributed by atoms with Gasteiger partial charge in [-0.15, -0.1) is 0 Å². The lowest BCUT2D eigenvalue weighted by Crippen LogP contribution is -2.05. The zero-order valence-corrected chi connectivity index (χ0v) is 8.96. The van der Waals surface area contributed by atoms with E-state index in [9.17, 15) is 0 Å². The second kappa shape index (κ2) is 3.92. The van der Waals surface area contributed by atoms with Crippen molar-refractivity contribution in [2.45, 2.75) is 33.7 Å². The van der Waals surface area contributed by atoms with Crippen LogP contribution >= 0.6 is 0 Å². The van der Waals surface area contributed by atoms with E-state index in [1.807, 2.05) is 11.7 Å². The van der Waals surface area contributed by atoms with Crippen LogP contribution in [0, 0.1) is 12.8 Å². The fourth-order valence-corrected chi connectivity index (χ4v) is 1.59. The SMILES string of the molecule is Cc1c(CC(C)C)nn(C)c1CN. The van der Waals surface area contributed by atoms with Crippen molar-refractivity contribution in [2.24, 2.45) is 18.7 Å². The van der Waals surface area contributed by atoms with Crippen molar-refractivity contribution in [2.75, 3.05) is 0 Å². The van der Waals surface area contributed by atoms with Gasteiger partial charge in [-0.25, -0.2) is 0 Å². The summed E-state index contributed by atoms with van der Waals surface area (Å²) in [4.78, 5) is 0. The smallest absolute Gasteiger partial charge is 0.0659 e. The fraction of sp³-hybridized carbons (Fsp3) is 0.700. The van der Waals surface area contributed by atoms with Gasteiger partial charge in [0.05, 0.1) is 11.4 Å². The van der Waals surface area contributed by atoms with E-state index in [-0.39, 0.29) is 0 Å². The van der Waals surface area contributed by atoms with Crippen molar-refractivity contribution in [3.63, 3.8) is 0 Å². The largest absolute Gasteiger partial charge is 0.325 e. The molecule has 2 N–H and O–H groups in total. The minimum Gasteiger partial charge on any atom is -0.325 e. The molecule has 0 atom stereocenters. The molecule has 0 unspecified atom stereocenters. The van der Waals surface area contributed by atoms with Crippen LogP contribution in [0.4, 0.5) is 0 Å². The predicted molar refractivity (Wildman–Crippen MR) is 54.4 cm³/mol. The lowest BCUT2D eigenvalue weighted by Gasteiger charge is -2.01. The van der Waals surface area contributed by atoms with E-state index in [0.717, 1.165) is 12.1 Å². The molecule has 0 amide bonds. The molecule has 13 heavy (non-hydrogen) atoms. The van der Waals surface area contributed by atoms with Crippen LogP contribution in [0.25, 0.3) is 0 Å². The van der Waals surface area contributed by atoms with Crippen LogP contribution in [0.1, 0.15) is 30.8 Å². The molecule has 74 valence electrons. The topological polar surface area (TPSA) is 43.8 Å². The third-order valence-corrected chi connectivity index (χ3v) is 2.32. The van der Waals surface area contributed by atoms with Gasteiger partial charge >= 0.3 is 0 Å². The number of hydrogen-bond donors (Lipinski definition) is 1. The maximum Gasteiger partial charge on any atom is 0.0659 e. The quantitative estimate of drug-likeness (QED) is 0.765. The summed E-state index contributed by atoms with van der Waals surface area (Å²) in [7, 11) is 1.96. The molecule has 0 saturated heterocycles. The summed E-state index contributed by atoms with van der Waals surface area (Å²) < 4.78 is 1.90. The number of hydrogen-bond acceptors (Lipinski definition) is 2. The molecule has 0 fully saturated rings. The molecular weight excluding hydrogens is 162 g/mol. The van der Waals surface area contributed by atoms with Crippen LogP contribution in [0.2, 0.25) is 0 Å². The van der Waals surface area contributed by atoms with Crippen molar-refractivity contribution in [1.82, 2.24) is 9.78 Å². The van der Waals surface area contributed by atoms with Gasteiger partial charge in [-0.1, -0.05) is 13.8 Å². The van der Waals surface area contributed by atoms with E-state index in [1.165, 1.54) is 11.3 Å². The molecule has 0 aromatic carbocycles. The van der Waals surface area contributed by atoms with Gasteiger partial charge in [-0.05, 0) is 24.8 Å². The molecule has 1 heterocycles. The van der Waals surface area contributed by atoms with Gasteiger partial charge in [0.15, 0.2) is 0 Å². The normalized spacial score (nSPS) is 11.2. The molecule has 0 aliphatic heterocycles. The van der Waals surface area contributed by atoms with Crippen LogP contribution in [0.15, 0.2) is 0 Å². The molecule has 0 aliphatic carbocycles. The monoisotopic (exact) mass is 181 g/mol. The Morgan fingerprint density at radius 2 is 2.08 bits per heavy atom. The van der Waals surface area contributed by atoms with E-state index in [0.29, 0.717) is 12.5 Å². The third-order valence-electron chi connectivity index (χ3n) is 2.32. The van der Waals surface area contributed by atoms with Crippen molar-refractivity contribution < 1.29 is 0 Å². The second-order valence-electron chi connectivity index (χ2n) is 3.94. The summed E-state index contributed by atoms with van der Waals surface area (Å²) in [6, 6.07) is 0. The van der Waals surface area contributed by atoms with Gasteiger partial charge in [0.25, 0.3) is 0 Å². The van der Waals surface area contributed by atoms with Crippen molar-refractivity contribution in [3.8, 4) is 0 Å².